The van der Waals surface area contributed by atoms with Crippen molar-refractivity contribution < 1.29 is 9.47 Å². The summed E-state index contributed by atoms with van der Waals surface area (Å²) in [4.78, 5) is 0. The molecule has 0 saturated heterocycles. The van der Waals surface area contributed by atoms with Crippen molar-refractivity contribution in [1.29, 1.82) is 0 Å². The third-order valence-electron chi connectivity index (χ3n) is 9.67. The average Bonchev–Trinajstić information content (AvgIpc) is 3.11. The maximum atomic E-state index is 6.22. The number of ether oxygens (including phenoxy) is 2. The van der Waals surface area contributed by atoms with E-state index >= 15 is 0 Å². The highest BCUT2D eigenvalue weighted by Crippen LogP contribution is 2.34. The summed E-state index contributed by atoms with van der Waals surface area (Å²) >= 11 is 0. The standard InChI is InChI=1S/C45H68O2/c1-4-6-8-10-12-14-16-18-19-21-25-37-46-39(3)40-29-31-41(32-30-40)44-27-23-24-28-45(44)42-33-35-43(36-34-42)47-38-26-22-20-17-15-13-11-9-7-5-2/h23-24,27-36,39H,4-22,25-26,37-38H2,1-3H3. The second-order valence-electron chi connectivity index (χ2n) is 13.8. The Labute approximate surface area is 290 Å². The van der Waals surface area contributed by atoms with Crippen molar-refractivity contribution in [2.75, 3.05) is 13.2 Å². The second kappa shape index (κ2) is 25.4. The molecule has 1 atom stereocenters. The summed E-state index contributed by atoms with van der Waals surface area (Å²) in [6.07, 6.45) is 28.6. The van der Waals surface area contributed by atoms with Crippen LogP contribution in [0.25, 0.3) is 22.3 Å². The van der Waals surface area contributed by atoms with E-state index in [0.29, 0.717) is 0 Å². The van der Waals surface area contributed by atoms with Crippen molar-refractivity contribution in [3.8, 4) is 28.0 Å². The van der Waals surface area contributed by atoms with Gasteiger partial charge in [0.15, 0.2) is 0 Å². The van der Waals surface area contributed by atoms with Crippen LogP contribution in [0.5, 0.6) is 5.75 Å². The minimum absolute atomic E-state index is 0.121. The van der Waals surface area contributed by atoms with E-state index in [9.17, 15) is 0 Å². The van der Waals surface area contributed by atoms with Gasteiger partial charge in [0.05, 0.1) is 12.7 Å². The summed E-state index contributed by atoms with van der Waals surface area (Å²) in [6, 6.07) is 26.3. The Morgan fingerprint density at radius 1 is 0.426 bits per heavy atom. The first-order chi connectivity index (χ1) is 23.2. The fraction of sp³-hybridized carbons (Fsp3) is 0.600. The van der Waals surface area contributed by atoms with Crippen molar-refractivity contribution in [2.45, 2.75) is 162 Å². The van der Waals surface area contributed by atoms with Gasteiger partial charge in [-0.2, -0.15) is 0 Å². The molecule has 0 bridgehead atoms. The molecule has 3 aromatic carbocycles. The van der Waals surface area contributed by atoms with E-state index in [-0.39, 0.29) is 6.10 Å². The number of hydrogen-bond donors (Lipinski definition) is 0. The van der Waals surface area contributed by atoms with Crippen molar-refractivity contribution in [3.05, 3.63) is 78.4 Å². The van der Waals surface area contributed by atoms with E-state index in [1.165, 1.54) is 150 Å². The lowest BCUT2D eigenvalue weighted by atomic mass is 9.94. The fourth-order valence-corrected chi connectivity index (χ4v) is 6.55. The minimum Gasteiger partial charge on any atom is -0.494 e. The molecular weight excluding hydrogens is 572 g/mol. The van der Waals surface area contributed by atoms with E-state index in [2.05, 4.69) is 93.6 Å². The molecular formula is C45H68O2. The Morgan fingerprint density at radius 2 is 0.809 bits per heavy atom. The predicted octanol–water partition coefficient (Wildman–Crippen LogP) is 14.7. The van der Waals surface area contributed by atoms with Gasteiger partial charge >= 0.3 is 0 Å². The Hall–Kier alpha value is -2.58. The zero-order valence-corrected chi connectivity index (χ0v) is 30.6. The van der Waals surface area contributed by atoms with Crippen molar-refractivity contribution >= 4 is 0 Å². The Kier molecular flexibility index (Phi) is 21.0. The fourth-order valence-electron chi connectivity index (χ4n) is 6.55. The van der Waals surface area contributed by atoms with Crippen molar-refractivity contribution in [2.24, 2.45) is 0 Å². The molecule has 2 heteroatoms. The summed E-state index contributed by atoms with van der Waals surface area (Å²) in [5.41, 5.74) is 6.22. The molecule has 3 rings (SSSR count). The van der Waals surface area contributed by atoms with E-state index in [1.807, 2.05) is 0 Å². The maximum absolute atomic E-state index is 6.22. The van der Waals surface area contributed by atoms with Crippen LogP contribution in [0.2, 0.25) is 0 Å². The van der Waals surface area contributed by atoms with Gasteiger partial charge in [-0.15, -0.1) is 0 Å². The molecule has 47 heavy (non-hydrogen) atoms. The van der Waals surface area contributed by atoms with E-state index in [4.69, 9.17) is 9.47 Å². The van der Waals surface area contributed by atoms with Gasteiger partial charge in [-0.1, -0.05) is 197 Å². The molecule has 0 heterocycles. The van der Waals surface area contributed by atoms with Crippen LogP contribution < -0.4 is 4.74 Å². The third-order valence-corrected chi connectivity index (χ3v) is 9.67. The Balaban J connectivity index is 1.35. The summed E-state index contributed by atoms with van der Waals surface area (Å²) < 4.78 is 12.3. The first kappa shape index (κ1) is 38.9. The molecule has 1 unspecified atom stereocenters. The normalized spacial score (nSPS) is 12.0. The average molecular weight is 641 g/mol. The van der Waals surface area contributed by atoms with Gasteiger partial charge in [0.1, 0.15) is 5.75 Å². The van der Waals surface area contributed by atoms with Crippen LogP contribution in [-0.4, -0.2) is 13.2 Å². The molecule has 0 fully saturated rings. The first-order valence-electron chi connectivity index (χ1n) is 19.8. The zero-order valence-electron chi connectivity index (χ0n) is 30.6. The van der Waals surface area contributed by atoms with Gasteiger partial charge in [0.2, 0.25) is 0 Å². The first-order valence-corrected chi connectivity index (χ1v) is 19.8. The molecule has 3 aromatic rings. The summed E-state index contributed by atoms with van der Waals surface area (Å²) in [5.74, 6) is 0.966. The minimum atomic E-state index is 0.121. The third kappa shape index (κ3) is 16.4. The maximum Gasteiger partial charge on any atom is 0.119 e. The monoisotopic (exact) mass is 641 g/mol. The second-order valence-corrected chi connectivity index (χ2v) is 13.8. The number of rotatable bonds is 28. The summed E-state index contributed by atoms with van der Waals surface area (Å²) in [6.45, 7) is 8.41. The molecule has 0 radical (unpaired) electrons. The number of benzene rings is 3. The highest BCUT2D eigenvalue weighted by Gasteiger charge is 2.10. The van der Waals surface area contributed by atoms with Crippen molar-refractivity contribution in [1.82, 2.24) is 0 Å². The molecule has 0 aliphatic heterocycles. The summed E-state index contributed by atoms with van der Waals surface area (Å²) in [7, 11) is 0. The molecule has 2 nitrogen and oxygen atoms in total. The molecule has 0 N–H and O–H groups in total. The van der Waals surface area contributed by atoms with Crippen LogP contribution in [0.15, 0.2) is 72.8 Å². The predicted molar refractivity (Wildman–Crippen MR) is 205 cm³/mol. The summed E-state index contributed by atoms with van der Waals surface area (Å²) in [5, 5.41) is 0. The highest BCUT2D eigenvalue weighted by molar-refractivity contribution is 5.83. The number of hydrogen-bond acceptors (Lipinski definition) is 2. The Morgan fingerprint density at radius 3 is 1.26 bits per heavy atom. The van der Waals surface area contributed by atoms with Gasteiger partial charge in [-0.05, 0) is 59.7 Å². The topological polar surface area (TPSA) is 18.5 Å². The van der Waals surface area contributed by atoms with Crippen molar-refractivity contribution in [3.63, 3.8) is 0 Å². The quantitative estimate of drug-likeness (QED) is 0.0735. The molecule has 0 saturated carbocycles. The van der Waals surface area contributed by atoms with Crippen LogP contribution >= 0.6 is 0 Å². The highest BCUT2D eigenvalue weighted by atomic mass is 16.5. The lowest BCUT2D eigenvalue weighted by molar-refractivity contribution is 0.0627. The van der Waals surface area contributed by atoms with Gasteiger partial charge in [-0.3, -0.25) is 0 Å². The van der Waals surface area contributed by atoms with E-state index in [1.54, 1.807) is 0 Å². The molecule has 0 aliphatic carbocycles. The lowest BCUT2D eigenvalue weighted by Crippen LogP contribution is -2.02. The molecule has 260 valence electrons. The van der Waals surface area contributed by atoms with Gasteiger partial charge in [0.25, 0.3) is 0 Å². The van der Waals surface area contributed by atoms with Crippen LogP contribution in [-0.2, 0) is 4.74 Å². The van der Waals surface area contributed by atoms with Gasteiger partial charge in [0, 0.05) is 6.61 Å². The molecule has 0 spiro atoms. The zero-order chi connectivity index (χ0) is 33.2. The van der Waals surface area contributed by atoms with E-state index in [0.717, 1.165) is 31.8 Å². The molecule has 0 aromatic heterocycles. The van der Waals surface area contributed by atoms with Gasteiger partial charge < -0.3 is 9.47 Å². The van der Waals surface area contributed by atoms with Gasteiger partial charge in [-0.25, -0.2) is 0 Å². The smallest absolute Gasteiger partial charge is 0.119 e. The van der Waals surface area contributed by atoms with Crippen LogP contribution in [0.1, 0.15) is 167 Å². The van der Waals surface area contributed by atoms with E-state index < -0.39 is 0 Å². The molecule has 0 amide bonds. The largest absolute Gasteiger partial charge is 0.494 e. The van der Waals surface area contributed by atoms with Crippen LogP contribution in [0, 0.1) is 0 Å². The van der Waals surface area contributed by atoms with Crippen LogP contribution in [0.3, 0.4) is 0 Å². The number of unbranched alkanes of at least 4 members (excludes halogenated alkanes) is 19. The molecule has 0 aliphatic rings. The SMILES string of the molecule is CCCCCCCCCCCCCOC(C)c1ccc(-c2ccccc2-c2ccc(OCCCCCCCCCCCC)cc2)cc1. The Bertz CT molecular complexity index is 1150. The lowest BCUT2D eigenvalue weighted by Gasteiger charge is -2.15. The van der Waals surface area contributed by atoms with Crippen LogP contribution in [0.4, 0.5) is 0 Å².